The number of pyridine rings is 2. The molecule has 5 heteroatoms. The summed E-state index contributed by atoms with van der Waals surface area (Å²) in [4.78, 5) is 20.2. The fourth-order valence-electron chi connectivity index (χ4n) is 1.81. The monoisotopic (exact) mass is 289 g/mol. The smallest absolute Gasteiger partial charge is 0.275 e. The number of carbonyl (C=O) groups excluding carboxylic acids is 1. The molecular weight excluding hydrogens is 266 g/mol. The van der Waals surface area contributed by atoms with E-state index in [1.807, 2.05) is 33.8 Å². The van der Waals surface area contributed by atoms with Crippen LogP contribution >= 0.6 is 0 Å². The average Bonchev–Trinajstić information content (AvgIpc) is 2.44. The number of amides is 1. The zero-order chi connectivity index (χ0) is 16.0. The number of anilines is 1. The molecule has 0 spiro atoms. The van der Waals surface area contributed by atoms with Gasteiger partial charge >= 0.3 is 0 Å². The molecule has 0 atom stereocenters. The lowest BCUT2D eigenvalue weighted by Crippen LogP contribution is -2.16. The van der Waals surface area contributed by atoms with E-state index < -0.39 is 0 Å². The Labute approximate surface area is 126 Å². The zero-order valence-electron chi connectivity index (χ0n) is 13.1. The molecule has 0 unspecified atom stereocenters. The molecule has 2 heterocycles. The summed E-state index contributed by atoms with van der Waals surface area (Å²) in [6.07, 6.45) is 2.94. The summed E-state index contributed by atoms with van der Waals surface area (Å²) in [6.45, 7) is 9.54. The van der Waals surface area contributed by atoms with Crippen molar-refractivity contribution >= 4 is 11.7 Å². The number of nitrogens with zero attached hydrogens (tertiary/aromatic N) is 2. The molecular formula is C16H23N3O2. The van der Waals surface area contributed by atoms with Gasteiger partial charge in [0.1, 0.15) is 17.3 Å². The second-order valence-corrected chi connectivity index (χ2v) is 4.49. The van der Waals surface area contributed by atoms with Gasteiger partial charge in [0.05, 0.1) is 6.20 Å². The van der Waals surface area contributed by atoms with E-state index in [9.17, 15) is 9.90 Å². The fraction of sp³-hybridized carbons (Fsp3) is 0.312. The number of hydrogen-bond donors (Lipinski definition) is 2. The van der Waals surface area contributed by atoms with Gasteiger partial charge in [0.15, 0.2) is 0 Å². The van der Waals surface area contributed by atoms with Gasteiger partial charge in [-0.15, -0.1) is 0 Å². The van der Waals surface area contributed by atoms with Crippen LogP contribution in [0.4, 0.5) is 5.82 Å². The van der Waals surface area contributed by atoms with Crippen LogP contribution in [0, 0.1) is 20.8 Å². The maximum atomic E-state index is 12.1. The van der Waals surface area contributed by atoms with Crippen LogP contribution in [0.25, 0.3) is 0 Å². The Balaban J connectivity index is 0.00000141. The number of hydrogen-bond acceptors (Lipinski definition) is 4. The molecule has 0 aromatic carbocycles. The largest absolute Gasteiger partial charge is 0.506 e. The van der Waals surface area contributed by atoms with Crippen molar-refractivity contribution in [1.29, 1.82) is 0 Å². The van der Waals surface area contributed by atoms with Gasteiger partial charge in [0.25, 0.3) is 5.91 Å². The molecule has 0 bridgehead atoms. The van der Waals surface area contributed by atoms with Crippen LogP contribution in [-0.2, 0) is 0 Å². The highest BCUT2D eigenvalue weighted by Crippen LogP contribution is 2.16. The van der Waals surface area contributed by atoms with Gasteiger partial charge in [-0.3, -0.25) is 4.79 Å². The lowest BCUT2D eigenvalue weighted by atomic mass is 10.2. The molecule has 0 radical (unpaired) electrons. The molecule has 2 rings (SSSR count). The van der Waals surface area contributed by atoms with Crippen LogP contribution in [0.1, 0.15) is 42.5 Å². The van der Waals surface area contributed by atoms with Crippen molar-refractivity contribution in [2.45, 2.75) is 34.6 Å². The SMILES string of the molecule is CC.Cc1cnc(NC(=O)c2ncc(O)cc2C)c(C)c1.[HH]. The predicted molar refractivity (Wildman–Crippen MR) is 85.8 cm³/mol. The second kappa shape index (κ2) is 7.38. The first kappa shape index (κ1) is 16.6. The fourth-order valence-corrected chi connectivity index (χ4v) is 1.81. The highest BCUT2D eigenvalue weighted by Gasteiger charge is 2.13. The lowest BCUT2D eigenvalue weighted by Gasteiger charge is -2.09. The van der Waals surface area contributed by atoms with Crippen molar-refractivity contribution in [3.63, 3.8) is 0 Å². The minimum atomic E-state index is -0.336. The summed E-state index contributed by atoms with van der Waals surface area (Å²) in [5.74, 6) is 0.223. The van der Waals surface area contributed by atoms with E-state index >= 15 is 0 Å². The van der Waals surface area contributed by atoms with Crippen LogP contribution in [0.2, 0.25) is 0 Å². The molecule has 1 amide bonds. The maximum absolute atomic E-state index is 12.1. The molecule has 2 aromatic rings. The predicted octanol–water partition coefficient (Wildman–Crippen LogP) is 3.63. The molecule has 0 aliphatic rings. The van der Waals surface area contributed by atoms with Gasteiger partial charge in [0, 0.05) is 7.62 Å². The van der Waals surface area contributed by atoms with Crippen molar-refractivity contribution in [3.05, 3.63) is 46.9 Å². The van der Waals surface area contributed by atoms with Crippen molar-refractivity contribution in [3.8, 4) is 5.75 Å². The van der Waals surface area contributed by atoms with E-state index in [2.05, 4.69) is 15.3 Å². The first-order chi connectivity index (χ1) is 9.97. The molecule has 2 N–H and O–H groups in total. The molecule has 5 nitrogen and oxygen atoms in total. The Hall–Kier alpha value is -2.43. The molecule has 0 aliphatic heterocycles. The van der Waals surface area contributed by atoms with E-state index in [1.54, 1.807) is 13.1 Å². The Bertz CT molecular complexity index is 645. The topological polar surface area (TPSA) is 75.1 Å². The van der Waals surface area contributed by atoms with Crippen LogP contribution in [0.3, 0.4) is 0 Å². The number of aromatic nitrogens is 2. The van der Waals surface area contributed by atoms with Gasteiger partial charge in [-0.1, -0.05) is 19.9 Å². The number of aryl methyl sites for hydroxylation is 3. The molecule has 0 aliphatic carbocycles. The van der Waals surface area contributed by atoms with Crippen molar-refractivity contribution in [2.75, 3.05) is 5.32 Å². The van der Waals surface area contributed by atoms with E-state index in [0.29, 0.717) is 11.4 Å². The first-order valence-corrected chi connectivity index (χ1v) is 6.87. The van der Waals surface area contributed by atoms with Crippen molar-refractivity contribution in [1.82, 2.24) is 9.97 Å². The summed E-state index contributed by atoms with van der Waals surface area (Å²) in [5, 5.41) is 12.0. The minimum Gasteiger partial charge on any atom is -0.506 e. The highest BCUT2D eigenvalue weighted by molar-refractivity contribution is 6.03. The van der Waals surface area contributed by atoms with Crippen LogP contribution in [0.5, 0.6) is 5.75 Å². The number of carbonyl (C=O) groups is 1. The molecule has 21 heavy (non-hydrogen) atoms. The quantitative estimate of drug-likeness (QED) is 0.885. The Morgan fingerprint density at radius 3 is 2.33 bits per heavy atom. The number of rotatable bonds is 2. The second-order valence-electron chi connectivity index (χ2n) is 4.49. The minimum absolute atomic E-state index is 0. The Kier molecular flexibility index (Phi) is 5.84. The third-order valence-corrected chi connectivity index (χ3v) is 2.73. The Morgan fingerprint density at radius 2 is 1.76 bits per heavy atom. The van der Waals surface area contributed by atoms with Crippen molar-refractivity contribution in [2.24, 2.45) is 0 Å². The Morgan fingerprint density at radius 1 is 1.10 bits per heavy atom. The standard InChI is InChI=1S/C14H15N3O2.C2H6.H2/c1-8-4-10(3)13(16-6-8)17-14(19)12-9(2)5-11(18)7-15-12;1-2;/h4-7,18H,1-3H3,(H,16,17,19);1-2H3;1H. The lowest BCUT2D eigenvalue weighted by molar-refractivity contribution is 0.102. The summed E-state index contributed by atoms with van der Waals surface area (Å²) >= 11 is 0. The summed E-state index contributed by atoms with van der Waals surface area (Å²) in [7, 11) is 0. The number of nitrogens with one attached hydrogen (secondary N) is 1. The zero-order valence-corrected chi connectivity index (χ0v) is 13.1. The molecule has 0 saturated carbocycles. The normalized spacial score (nSPS) is 9.57. The molecule has 0 saturated heterocycles. The van der Waals surface area contributed by atoms with Gasteiger partial charge < -0.3 is 10.4 Å². The third-order valence-electron chi connectivity index (χ3n) is 2.73. The van der Waals surface area contributed by atoms with E-state index in [1.165, 1.54) is 12.3 Å². The molecule has 0 fully saturated rings. The molecule has 114 valence electrons. The van der Waals surface area contributed by atoms with E-state index in [4.69, 9.17) is 0 Å². The van der Waals surface area contributed by atoms with Gasteiger partial charge in [-0.25, -0.2) is 9.97 Å². The van der Waals surface area contributed by atoms with Gasteiger partial charge in [-0.05, 0) is 43.5 Å². The third kappa shape index (κ3) is 4.27. The van der Waals surface area contributed by atoms with Gasteiger partial charge in [0.2, 0.25) is 0 Å². The first-order valence-electron chi connectivity index (χ1n) is 6.87. The molecule has 2 aromatic heterocycles. The van der Waals surface area contributed by atoms with Crippen LogP contribution in [-0.4, -0.2) is 21.0 Å². The van der Waals surface area contributed by atoms with E-state index in [0.717, 1.165) is 11.1 Å². The maximum Gasteiger partial charge on any atom is 0.275 e. The van der Waals surface area contributed by atoms with Crippen molar-refractivity contribution < 1.29 is 11.3 Å². The average molecular weight is 289 g/mol. The summed E-state index contributed by atoms with van der Waals surface area (Å²) in [5.41, 5.74) is 2.82. The van der Waals surface area contributed by atoms with Crippen LogP contribution < -0.4 is 5.32 Å². The van der Waals surface area contributed by atoms with E-state index in [-0.39, 0.29) is 18.8 Å². The van der Waals surface area contributed by atoms with Crippen LogP contribution in [0.15, 0.2) is 24.5 Å². The summed E-state index contributed by atoms with van der Waals surface area (Å²) in [6, 6.07) is 3.44. The number of aromatic hydroxyl groups is 1. The van der Waals surface area contributed by atoms with Gasteiger partial charge in [-0.2, -0.15) is 0 Å². The summed E-state index contributed by atoms with van der Waals surface area (Å²) < 4.78 is 0. The highest BCUT2D eigenvalue weighted by atomic mass is 16.3.